The fourth-order valence-electron chi connectivity index (χ4n) is 2.22. The number of halogens is 1. The van der Waals surface area contributed by atoms with E-state index in [0.717, 1.165) is 22.6 Å². The van der Waals surface area contributed by atoms with Crippen LogP contribution in [0.25, 0.3) is 5.69 Å². The Bertz CT molecular complexity index is 574. The Hall–Kier alpha value is -1.28. The van der Waals surface area contributed by atoms with Crippen LogP contribution in [-0.4, -0.2) is 9.78 Å². The highest BCUT2D eigenvalue weighted by Gasteiger charge is 2.15. The molecule has 0 saturated carbocycles. The molecule has 102 valence electrons. The fraction of sp³-hybridized carbons (Fsp3) is 0.438. The molecule has 0 bridgehead atoms. The molecule has 1 aromatic carbocycles. The van der Waals surface area contributed by atoms with Crippen LogP contribution in [0.3, 0.4) is 0 Å². The number of aromatic nitrogens is 2. The van der Waals surface area contributed by atoms with E-state index in [1.54, 1.807) is 0 Å². The van der Waals surface area contributed by atoms with Gasteiger partial charge in [0.2, 0.25) is 0 Å². The Morgan fingerprint density at radius 1 is 1.11 bits per heavy atom. The van der Waals surface area contributed by atoms with Crippen LogP contribution < -0.4 is 0 Å². The van der Waals surface area contributed by atoms with Crippen LogP contribution in [0.5, 0.6) is 0 Å². The van der Waals surface area contributed by atoms with Crippen molar-refractivity contribution in [3.8, 4) is 5.69 Å². The average Bonchev–Trinajstić information content (AvgIpc) is 2.63. The molecule has 2 aromatic rings. The third-order valence-electron chi connectivity index (χ3n) is 3.55. The van der Waals surface area contributed by atoms with Gasteiger partial charge in [-0.2, -0.15) is 5.10 Å². The zero-order valence-electron chi connectivity index (χ0n) is 12.3. The van der Waals surface area contributed by atoms with Gasteiger partial charge in [-0.25, -0.2) is 4.68 Å². The SMILES string of the molecule is Cc1nn(-c2ccc(C(C)(C)C)cc2)c(C)c1CCl. The van der Waals surface area contributed by atoms with Crippen LogP contribution in [0.4, 0.5) is 0 Å². The first-order valence-electron chi connectivity index (χ1n) is 6.56. The lowest BCUT2D eigenvalue weighted by atomic mass is 9.87. The van der Waals surface area contributed by atoms with Crippen LogP contribution in [0.15, 0.2) is 24.3 Å². The molecule has 0 saturated heterocycles. The van der Waals surface area contributed by atoms with Crippen LogP contribution in [0.2, 0.25) is 0 Å². The Balaban J connectivity index is 2.43. The summed E-state index contributed by atoms with van der Waals surface area (Å²) in [6, 6.07) is 8.59. The Labute approximate surface area is 120 Å². The average molecular weight is 277 g/mol. The number of rotatable bonds is 2. The van der Waals surface area contributed by atoms with Crippen molar-refractivity contribution >= 4 is 11.6 Å². The standard InChI is InChI=1S/C16H21ClN2/c1-11-15(10-17)12(2)19(18-11)14-8-6-13(7-9-14)16(3,4)5/h6-9H,10H2,1-5H3. The second-order valence-corrected chi connectivity index (χ2v) is 6.26. The summed E-state index contributed by atoms with van der Waals surface area (Å²) in [5.41, 5.74) is 5.85. The van der Waals surface area contributed by atoms with Crippen molar-refractivity contribution in [3.05, 3.63) is 46.8 Å². The predicted molar refractivity (Wildman–Crippen MR) is 81.3 cm³/mol. The molecule has 0 aliphatic heterocycles. The summed E-state index contributed by atoms with van der Waals surface area (Å²) < 4.78 is 1.97. The highest BCUT2D eigenvalue weighted by Crippen LogP contribution is 2.24. The molecule has 0 spiro atoms. The van der Waals surface area contributed by atoms with E-state index in [1.165, 1.54) is 5.56 Å². The number of alkyl halides is 1. The lowest BCUT2D eigenvalue weighted by Gasteiger charge is -2.19. The second kappa shape index (κ2) is 5.01. The second-order valence-electron chi connectivity index (χ2n) is 5.99. The lowest BCUT2D eigenvalue weighted by Crippen LogP contribution is -2.11. The first kappa shape index (κ1) is 14.1. The van der Waals surface area contributed by atoms with E-state index >= 15 is 0 Å². The van der Waals surface area contributed by atoms with Gasteiger partial charge in [-0.3, -0.25) is 0 Å². The molecule has 2 nitrogen and oxygen atoms in total. The van der Waals surface area contributed by atoms with Crippen LogP contribution in [0.1, 0.15) is 43.3 Å². The van der Waals surface area contributed by atoms with Crippen molar-refractivity contribution in [2.24, 2.45) is 0 Å². The minimum absolute atomic E-state index is 0.176. The minimum atomic E-state index is 0.176. The van der Waals surface area contributed by atoms with Crippen molar-refractivity contribution in [2.75, 3.05) is 0 Å². The van der Waals surface area contributed by atoms with Crippen molar-refractivity contribution in [1.29, 1.82) is 0 Å². The van der Waals surface area contributed by atoms with Crippen LogP contribution in [0, 0.1) is 13.8 Å². The van der Waals surface area contributed by atoms with Crippen molar-refractivity contribution in [3.63, 3.8) is 0 Å². The zero-order chi connectivity index (χ0) is 14.2. The third-order valence-corrected chi connectivity index (χ3v) is 3.82. The first-order valence-corrected chi connectivity index (χ1v) is 7.10. The number of benzene rings is 1. The molecule has 0 N–H and O–H groups in total. The van der Waals surface area contributed by atoms with Crippen LogP contribution in [-0.2, 0) is 11.3 Å². The van der Waals surface area contributed by atoms with Gasteiger partial charge in [-0.15, -0.1) is 11.6 Å². The molecule has 0 radical (unpaired) electrons. The van der Waals surface area contributed by atoms with Crippen molar-refractivity contribution in [1.82, 2.24) is 9.78 Å². The van der Waals surface area contributed by atoms with Gasteiger partial charge in [0.25, 0.3) is 0 Å². The van der Waals surface area contributed by atoms with Gasteiger partial charge in [-0.1, -0.05) is 32.9 Å². The molecule has 2 rings (SSSR count). The molecule has 0 aliphatic rings. The third kappa shape index (κ3) is 2.69. The molecule has 0 atom stereocenters. The topological polar surface area (TPSA) is 17.8 Å². The van der Waals surface area contributed by atoms with Gasteiger partial charge in [0.15, 0.2) is 0 Å². The summed E-state index contributed by atoms with van der Waals surface area (Å²) in [6.45, 7) is 10.7. The molecule has 0 fully saturated rings. The van der Waals surface area contributed by atoms with E-state index in [0.29, 0.717) is 5.88 Å². The normalized spacial score (nSPS) is 11.9. The number of hydrogen-bond acceptors (Lipinski definition) is 1. The Morgan fingerprint density at radius 2 is 1.68 bits per heavy atom. The smallest absolute Gasteiger partial charge is 0.0649 e. The van der Waals surface area contributed by atoms with E-state index in [4.69, 9.17) is 11.6 Å². The molecular weight excluding hydrogens is 256 g/mol. The summed E-state index contributed by atoms with van der Waals surface area (Å²) in [5.74, 6) is 0.512. The maximum absolute atomic E-state index is 5.97. The molecular formula is C16H21ClN2. The quantitative estimate of drug-likeness (QED) is 0.737. The monoisotopic (exact) mass is 276 g/mol. The molecule has 1 heterocycles. The summed E-state index contributed by atoms with van der Waals surface area (Å²) in [6.07, 6.45) is 0. The maximum Gasteiger partial charge on any atom is 0.0649 e. The number of aryl methyl sites for hydroxylation is 1. The Kier molecular flexibility index (Phi) is 3.73. The molecule has 3 heteroatoms. The number of nitrogens with zero attached hydrogens (tertiary/aromatic N) is 2. The van der Waals surface area contributed by atoms with E-state index in [-0.39, 0.29) is 5.41 Å². The molecule has 1 aromatic heterocycles. The molecule has 0 unspecified atom stereocenters. The van der Waals surface area contributed by atoms with Gasteiger partial charge < -0.3 is 0 Å². The highest BCUT2D eigenvalue weighted by molar-refractivity contribution is 6.17. The van der Waals surface area contributed by atoms with Gasteiger partial charge in [0.1, 0.15) is 0 Å². The molecule has 0 amide bonds. The predicted octanol–water partition coefficient (Wildman–Crippen LogP) is 4.53. The van der Waals surface area contributed by atoms with Gasteiger partial charge >= 0.3 is 0 Å². The van der Waals surface area contributed by atoms with Gasteiger partial charge in [-0.05, 0) is 37.0 Å². The lowest BCUT2D eigenvalue weighted by molar-refractivity contribution is 0.590. The molecule has 0 aliphatic carbocycles. The highest BCUT2D eigenvalue weighted by atomic mass is 35.5. The van der Waals surface area contributed by atoms with Crippen LogP contribution >= 0.6 is 11.6 Å². The zero-order valence-corrected chi connectivity index (χ0v) is 13.0. The van der Waals surface area contributed by atoms with Crippen molar-refractivity contribution in [2.45, 2.75) is 45.9 Å². The summed E-state index contributed by atoms with van der Waals surface area (Å²) in [5, 5.41) is 4.58. The summed E-state index contributed by atoms with van der Waals surface area (Å²) in [4.78, 5) is 0. The minimum Gasteiger partial charge on any atom is -0.238 e. The summed E-state index contributed by atoms with van der Waals surface area (Å²) >= 11 is 5.97. The maximum atomic E-state index is 5.97. The fourth-order valence-corrected chi connectivity index (χ4v) is 2.61. The van der Waals surface area contributed by atoms with E-state index in [2.05, 4.69) is 57.1 Å². The van der Waals surface area contributed by atoms with E-state index in [1.807, 2.05) is 11.6 Å². The Morgan fingerprint density at radius 3 is 2.11 bits per heavy atom. The van der Waals surface area contributed by atoms with Crippen molar-refractivity contribution < 1.29 is 0 Å². The van der Waals surface area contributed by atoms with E-state index in [9.17, 15) is 0 Å². The number of hydrogen-bond donors (Lipinski definition) is 0. The van der Waals surface area contributed by atoms with Gasteiger partial charge in [0.05, 0.1) is 17.3 Å². The van der Waals surface area contributed by atoms with E-state index < -0.39 is 0 Å². The summed E-state index contributed by atoms with van der Waals surface area (Å²) in [7, 11) is 0. The van der Waals surface area contributed by atoms with Gasteiger partial charge in [0, 0.05) is 11.3 Å². The largest absolute Gasteiger partial charge is 0.238 e. The molecule has 19 heavy (non-hydrogen) atoms. The first-order chi connectivity index (χ1) is 8.84.